The van der Waals surface area contributed by atoms with Crippen molar-refractivity contribution in [3.8, 4) is 11.5 Å². The number of amides is 4. The maximum atomic E-state index is 13.4. The molecule has 4 N–H and O–H groups in total. The number of rotatable bonds is 12. The minimum absolute atomic E-state index is 0.0720. The second-order valence-electron chi connectivity index (χ2n) is 10.1. The number of benzene rings is 2. The number of carbonyl (C=O) groups excluding carboxylic acids is 4. The van der Waals surface area contributed by atoms with Crippen molar-refractivity contribution in [2.75, 3.05) is 13.2 Å². The molecule has 1 aliphatic heterocycles. The standard InChI is InChI=1S/C28H38N4O6Si/c1-4-21(23(33)25(34)29-17-20-11-8-12-22-24(20)38-14-13-37-22)31-26(35)28(39,15-18(2)3)32-27(36)30-16-19-9-6-5-7-10-19/h5-12,18,21H,4,13-17H2,1-3,39H3,(H,29,34)(H,31,35)(H2,30,32,36). The monoisotopic (exact) mass is 554 g/mol. The van der Waals surface area contributed by atoms with E-state index in [9.17, 15) is 19.2 Å². The molecule has 4 amide bonds. The van der Waals surface area contributed by atoms with Crippen molar-refractivity contribution in [3.63, 3.8) is 0 Å². The Morgan fingerprint density at radius 2 is 1.67 bits per heavy atom. The number of para-hydroxylation sites is 1. The van der Waals surface area contributed by atoms with E-state index in [-0.39, 0.29) is 18.9 Å². The molecule has 0 fully saturated rings. The van der Waals surface area contributed by atoms with Gasteiger partial charge in [0.25, 0.3) is 5.91 Å². The second kappa shape index (κ2) is 13.8. The summed E-state index contributed by atoms with van der Waals surface area (Å²) in [6.45, 7) is 6.85. The Hall–Kier alpha value is -3.86. The van der Waals surface area contributed by atoms with Crippen LogP contribution in [0.5, 0.6) is 11.5 Å². The van der Waals surface area contributed by atoms with E-state index in [1.54, 1.807) is 25.1 Å². The Balaban J connectivity index is 1.61. The lowest BCUT2D eigenvalue weighted by atomic mass is 10.0. The minimum atomic E-state index is -1.17. The van der Waals surface area contributed by atoms with E-state index < -0.39 is 34.8 Å². The lowest BCUT2D eigenvalue weighted by Crippen LogP contribution is -2.64. The summed E-state index contributed by atoms with van der Waals surface area (Å²) in [5, 5.41) is 9.79. The molecule has 2 aromatic carbocycles. The first-order chi connectivity index (χ1) is 18.6. The predicted molar refractivity (Wildman–Crippen MR) is 150 cm³/mol. The van der Waals surface area contributed by atoms with Crippen molar-refractivity contribution in [1.29, 1.82) is 0 Å². The molecule has 0 aliphatic carbocycles. The number of urea groups is 1. The second-order valence-corrected chi connectivity index (χ2v) is 11.9. The molecular weight excluding hydrogens is 516 g/mol. The van der Waals surface area contributed by atoms with Gasteiger partial charge < -0.3 is 30.7 Å². The van der Waals surface area contributed by atoms with Crippen LogP contribution in [0.15, 0.2) is 48.5 Å². The third-order valence-corrected chi connectivity index (χ3v) is 7.46. The maximum Gasteiger partial charge on any atom is 0.315 e. The minimum Gasteiger partial charge on any atom is -0.486 e. The van der Waals surface area contributed by atoms with Crippen LogP contribution < -0.4 is 30.7 Å². The number of hydrogen-bond donors (Lipinski definition) is 4. The molecule has 11 heteroatoms. The van der Waals surface area contributed by atoms with Gasteiger partial charge in [-0.25, -0.2) is 4.79 Å². The zero-order valence-electron chi connectivity index (χ0n) is 23.0. The van der Waals surface area contributed by atoms with E-state index in [2.05, 4.69) is 21.3 Å². The smallest absolute Gasteiger partial charge is 0.315 e. The van der Waals surface area contributed by atoms with Gasteiger partial charge in [-0.2, -0.15) is 0 Å². The first-order valence-corrected chi connectivity index (χ1v) is 14.2. The summed E-state index contributed by atoms with van der Waals surface area (Å²) >= 11 is 0. The average Bonchev–Trinajstić information content (AvgIpc) is 2.93. The fourth-order valence-corrected chi connectivity index (χ4v) is 5.64. The Bertz CT molecular complexity index is 1180. The number of hydrogen-bond acceptors (Lipinski definition) is 6. The highest BCUT2D eigenvalue weighted by atomic mass is 28.1. The Kier molecular flexibility index (Phi) is 10.5. The molecular formula is C28H38N4O6Si. The summed E-state index contributed by atoms with van der Waals surface area (Å²) in [6, 6.07) is 13.3. The summed E-state index contributed by atoms with van der Waals surface area (Å²) < 4.78 is 11.2. The molecule has 2 aromatic rings. The van der Waals surface area contributed by atoms with Crippen LogP contribution >= 0.6 is 0 Å². The molecule has 0 saturated carbocycles. The number of Topliss-reactive ketones (excluding diaryl/α,β-unsaturated/α-hetero) is 1. The molecule has 0 aromatic heterocycles. The topological polar surface area (TPSA) is 135 Å². The van der Waals surface area contributed by atoms with Gasteiger partial charge in [-0.3, -0.25) is 14.4 Å². The third-order valence-electron chi connectivity index (χ3n) is 6.34. The molecule has 0 spiro atoms. The van der Waals surface area contributed by atoms with Gasteiger partial charge in [0.2, 0.25) is 11.7 Å². The van der Waals surface area contributed by atoms with Gasteiger partial charge in [0, 0.05) is 28.9 Å². The molecule has 1 heterocycles. The Morgan fingerprint density at radius 3 is 2.36 bits per heavy atom. The highest BCUT2D eigenvalue weighted by Crippen LogP contribution is 2.33. The van der Waals surface area contributed by atoms with Crippen LogP contribution in [0.3, 0.4) is 0 Å². The summed E-state index contributed by atoms with van der Waals surface area (Å²) in [5.74, 6) is -0.810. The van der Waals surface area contributed by atoms with Crippen molar-refractivity contribution >= 4 is 33.9 Å². The van der Waals surface area contributed by atoms with E-state index in [0.29, 0.717) is 53.5 Å². The van der Waals surface area contributed by atoms with Gasteiger partial charge in [0.1, 0.15) is 13.2 Å². The molecule has 39 heavy (non-hydrogen) atoms. The molecule has 210 valence electrons. The van der Waals surface area contributed by atoms with Crippen LogP contribution in [0.4, 0.5) is 4.79 Å². The van der Waals surface area contributed by atoms with Crippen LogP contribution in [-0.2, 0) is 27.5 Å². The molecule has 1 aliphatic rings. The van der Waals surface area contributed by atoms with Crippen molar-refractivity contribution in [1.82, 2.24) is 21.3 Å². The third kappa shape index (κ3) is 8.31. The van der Waals surface area contributed by atoms with E-state index in [1.807, 2.05) is 44.2 Å². The van der Waals surface area contributed by atoms with Crippen LogP contribution in [0.1, 0.15) is 44.7 Å². The largest absolute Gasteiger partial charge is 0.486 e. The zero-order chi connectivity index (χ0) is 28.4. The normalized spacial score (nSPS) is 14.6. The lowest BCUT2D eigenvalue weighted by Gasteiger charge is -2.33. The van der Waals surface area contributed by atoms with Gasteiger partial charge >= 0.3 is 6.03 Å². The fraction of sp³-hybridized carbons (Fsp3) is 0.429. The van der Waals surface area contributed by atoms with E-state index in [4.69, 9.17) is 9.47 Å². The molecule has 0 saturated heterocycles. The molecule has 0 bridgehead atoms. The summed E-state index contributed by atoms with van der Waals surface area (Å²) in [7, 11) is 0.292. The van der Waals surface area contributed by atoms with Gasteiger partial charge in [-0.05, 0) is 30.4 Å². The number of ether oxygens (including phenoxy) is 2. The number of ketones is 1. The van der Waals surface area contributed by atoms with Crippen molar-refractivity contribution < 1.29 is 28.7 Å². The van der Waals surface area contributed by atoms with Crippen LogP contribution in [-0.4, -0.2) is 58.3 Å². The van der Waals surface area contributed by atoms with Gasteiger partial charge in [-0.1, -0.05) is 63.2 Å². The molecule has 3 rings (SSSR count). The quantitative estimate of drug-likeness (QED) is 0.230. The Morgan fingerprint density at radius 1 is 0.949 bits per heavy atom. The van der Waals surface area contributed by atoms with Crippen LogP contribution in [0.2, 0.25) is 0 Å². The molecule has 2 atom stereocenters. The van der Waals surface area contributed by atoms with Crippen LogP contribution in [0.25, 0.3) is 0 Å². The predicted octanol–water partition coefficient (Wildman–Crippen LogP) is 1.15. The highest BCUT2D eigenvalue weighted by Gasteiger charge is 2.38. The van der Waals surface area contributed by atoms with Crippen LogP contribution in [0, 0.1) is 5.92 Å². The first kappa shape index (κ1) is 29.7. The molecule has 2 unspecified atom stereocenters. The summed E-state index contributed by atoms with van der Waals surface area (Å²) in [6.07, 6.45) is 0.608. The lowest BCUT2D eigenvalue weighted by molar-refractivity contribution is -0.140. The van der Waals surface area contributed by atoms with Gasteiger partial charge in [0.15, 0.2) is 11.5 Å². The molecule has 10 nitrogen and oxygen atoms in total. The Labute approximate surface area is 232 Å². The van der Waals surface area contributed by atoms with Crippen molar-refractivity contribution in [2.45, 2.75) is 57.9 Å². The zero-order valence-corrected chi connectivity index (χ0v) is 25.0. The molecule has 0 radical (unpaired) electrons. The van der Waals surface area contributed by atoms with Crippen molar-refractivity contribution in [2.24, 2.45) is 5.92 Å². The number of fused-ring (bicyclic) bond motifs is 1. The maximum absolute atomic E-state index is 13.4. The van der Waals surface area contributed by atoms with Gasteiger partial charge in [-0.15, -0.1) is 0 Å². The fourth-order valence-electron chi connectivity index (χ4n) is 4.45. The first-order valence-electron chi connectivity index (χ1n) is 13.2. The number of nitrogens with one attached hydrogen (secondary N) is 4. The average molecular weight is 555 g/mol. The highest BCUT2D eigenvalue weighted by molar-refractivity contribution is 6.39. The van der Waals surface area contributed by atoms with E-state index in [1.165, 1.54) is 0 Å². The van der Waals surface area contributed by atoms with E-state index >= 15 is 0 Å². The summed E-state index contributed by atoms with van der Waals surface area (Å²) in [5.41, 5.74) is 1.62. The SMILES string of the molecule is CCC(NC(=O)C([SiH3])(CC(C)C)NC(=O)NCc1ccccc1)C(=O)C(=O)NCc1cccc2c1OCCO2. The van der Waals surface area contributed by atoms with Gasteiger partial charge in [0.05, 0.1) is 11.2 Å². The summed E-state index contributed by atoms with van der Waals surface area (Å²) in [4.78, 5) is 51.8. The number of carbonyl (C=O) groups is 4. The van der Waals surface area contributed by atoms with E-state index in [0.717, 1.165) is 5.56 Å². The van der Waals surface area contributed by atoms with Crippen molar-refractivity contribution in [3.05, 3.63) is 59.7 Å².